The molecule has 0 spiro atoms. The highest BCUT2D eigenvalue weighted by Crippen LogP contribution is 2.05. The molecule has 0 saturated heterocycles. The van der Waals surface area contributed by atoms with Crippen LogP contribution in [0.3, 0.4) is 0 Å². The molecule has 1 rings (SSSR count). The Morgan fingerprint density at radius 2 is 1.78 bits per heavy atom. The highest BCUT2D eigenvalue weighted by atomic mass is 16.2. The maximum Gasteiger partial charge on any atom is 0.251 e. The largest absolute Gasteiger partial charge is 0.352 e. The fraction of sp³-hybridized carbons (Fsp3) is 0.529. The zero-order valence-corrected chi connectivity index (χ0v) is 14.5. The van der Waals surface area contributed by atoms with Crippen molar-refractivity contribution in [3.05, 3.63) is 35.4 Å². The predicted molar refractivity (Wildman–Crippen MR) is 92.3 cm³/mol. The molecule has 0 aliphatic carbocycles. The van der Waals surface area contributed by atoms with Crippen LogP contribution in [0.15, 0.2) is 24.3 Å². The van der Waals surface area contributed by atoms with Crippen LogP contribution in [0.5, 0.6) is 0 Å². The molecule has 0 fully saturated rings. The summed E-state index contributed by atoms with van der Waals surface area (Å²) in [6.07, 6.45) is 0. The number of benzene rings is 1. The second-order valence-corrected chi connectivity index (χ2v) is 5.93. The first-order chi connectivity index (χ1) is 10.9. The third-order valence-corrected chi connectivity index (χ3v) is 3.49. The van der Waals surface area contributed by atoms with E-state index in [1.54, 1.807) is 12.1 Å². The highest BCUT2D eigenvalue weighted by molar-refractivity contribution is 5.94. The summed E-state index contributed by atoms with van der Waals surface area (Å²) in [5, 5.41) is 8.75. The van der Waals surface area contributed by atoms with E-state index in [0.29, 0.717) is 25.2 Å². The van der Waals surface area contributed by atoms with E-state index < -0.39 is 0 Å². The molecule has 0 bridgehead atoms. The van der Waals surface area contributed by atoms with Crippen LogP contribution in [0, 0.1) is 5.92 Å². The van der Waals surface area contributed by atoms with Crippen molar-refractivity contribution < 1.29 is 9.59 Å². The molecule has 6 heteroatoms. The van der Waals surface area contributed by atoms with E-state index in [4.69, 9.17) is 0 Å². The van der Waals surface area contributed by atoms with Crippen molar-refractivity contribution in [2.75, 3.05) is 40.8 Å². The van der Waals surface area contributed by atoms with E-state index in [2.05, 4.69) is 16.0 Å². The summed E-state index contributed by atoms with van der Waals surface area (Å²) < 4.78 is 0. The lowest BCUT2D eigenvalue weighted by Gasteiger charge is -2.12. The van der Waals surface area contributed by atoms with Gasteiger partial charge in [0.2, 0.25) is 5.91 Å². The molecule has 0 radical (unpaired) electrons. The van der Waals surface area contributed by atoms with Crippen molar-refractivity contribution in [2.45, 2.75) is 13.5 Å². The minimum absolute atomic E-state index is 0.0184. The zero-order valence-electron chi connectivity index (χ0n) is 14.5. The topological polar surface area (TPSA) is 73.5 Å². The number of nitrogens with one attached hydrogen (secondary N) is 3. The van der Waals surface area contributed by atoms with Gasteiger partial charge in [-0.25, -0.2) is 0 Å². The molecular formula is C17H28N4O2. The fourth-order valence-corrected chi connectivity index (χ4v) is 2.03. The number of amides is 2. The third kappa shape index (κ3) is 7.25. The number of hydrogen-bond donors (Lipinski definition) is 3. The van der Waals surface area contributed by atoms with E-state index in [1.165, 1.54) is 0 Å². The van der Waals surface area contributed by atoms with Gasteiger partial charge in [0.15, 0.2) is 0 Å². The Kier molecular flexibility index (Phi) is 8.29. The van der Waals surface area contributed by atoms with Crippen molar-refractivity contribution in [1.82, 2.24) is 20.9 Å². The Hall–Kier alpha value is -1.92. The first-order valence-electron chi connectivity index (χ1n) is 7.88. The third-order valence-electron chi connectivity index (χ3n) is 3.49. The van der Waals surface area contributed by atoms with Gasteiger partial charge in [0.05, 0.1) is 0 Å². The van der Waals surface area contributed by atoms with Crippen molar-refractivity contribution in [3.63, 3.8) is 0 Å². The molecule has 1 atom stereocenters. The van der Waals surface area contributed by atoms with E-state index in [9.17, 15) is 9.59 Å². The molecule has 1 aromatic carbocycles. The summed E-state index contributed by atoms with van der Waals surface area (Å²) in [6, 6.07) is 7.29. The molecule has 0 heterocycles. The van der Waals surface area contributed by atoms with Crippen LogP contribution in [0.2, 0.25) is 0 Å². The molecule has 1 aromatic rings. The van der Waals surface area contributed by atoms with Gasteiger partial charge in [0, 0.05) is 37.7 Å². The average Bonchev–Trinajstić information content (AvgIpc) is 2.52. The number of nitrogens with zero attached hydrogens (tertiary/aromatic N) is 1. The fourth-order valence-electron chi connectivity index (χ4n) is 2.03. The van der Waals surface area contributed by atoms with Gasteiger partial charge in [0.25, 0.3) is 5.91 Å². The minimum Gasteiger partial charge on any atom is -0.352 e. The molecule has 2 amide bonds. The summed E-state index contributed by atoms with van der Waals surface area (Å²) in [5.41, 5.74) is 1.60. The standard InChI is InChI=1S/C17H28N4O2/c1-13(11-18-2)16(22)20-12-14-5-7-15(8-6-14)17(23)19-9-10-21(3)4/h5-8,13,18H,9-12H2,1-4H3,(H,19,23)(H,20,22). The van der Waals surface area contributed by atoms with Gasteiger partial charge < -0.3 is 20.9 Å². The van der Waals surface area contributed by atoms with Gasteiger partial charge in [-0.15, -0.1) is 0 Å². The summed E-state index contributed by atoms with van der Waals surface area (Å²) in [5.74, 6) is -0.128. The highest BCUT2D eigenvalue weighted by Gasteiger charge is 2.11. The van der Waals surface area contributed by atoms with Crippen LogP contribution in [-0.4, -0.2) is 57.5 Å². The number of rotatable bonds is 9. The smallest absolute Gasteiger partial charge is 0.251 e. The van der Waals surface area contributed by atoms with E-state index in [1.807, 2.05) is 45.1 Å². The predicted octanol–water partition coefficient (Wildman–Crippen LogP) is 0.450. The summed E-state index contributed by atoms with van der Waals surface area (Å²) >= 11 is 0. The Morgan fingerprint density at radius 1 is 1.13 bits per heavy atom. The maximum atomic E-state index is 12.0. The van der Waals surface area contributed by atoms with Gasteiger partial charge in [-0.2, -0.15) is 0 Å². The van der Waals surface area contributed by atoms with E-state index in [-0.39, 0.29) is 17.7 Å². The summed E-state index contributed by atoms with van der Waals surface area (Å²) in [7, 11) is 5.76. The van der Waals surface area contributed by atoms with Gasteiger partial charge in [-0.3, -0.25) is 9.59 Å². The van der Waals surface area contributed by atoms with E-state index in [0.717, 1.165) is 12.1 Å². The normalized spacial score (nSPS) is 12.0. The molecule has 0 aromatic heterocycles. The van der Waals surface area contributed by atoms with Gasteiger partial charge in [-0.05, 0) is 38.8 Å². The first kappa shape index (κ1) is 19.1. The molecule has 23 heavy (non-hydrogen) atoms. The minimum atomic E-state index is -0.0786. The van der Waals surface area contributed by atoms with Crippen LogP contribution in [0.4, 0.5) is 0 Å². The van der Waals surface area contributed by atoms with Gasteiger partial charge in [0.1, 0.15) is 0 Å². The van der Waals surface area contributed by atoms with Gasteiger partial charge >= 0.3 is 0 Å². The molecule has 3 N–H and O–H groups in total. The molecule has 6 nitrogen and oxygen atoms in total. The van der Waals surface area contributed by atoms with Crippen molar-refractivity contribution >= 4 is 11.8 Å². The molecule has 0 aliphatic rings. The molecule has 1 unspecified atom stereocenters. The van der Waals surface area contributed by atoms with Crippen LogP contribution in [0.25, 0.3) is 0 Å². The Labute approximate surface area is 138 Å². The van der Waals surface area contributed by atoms with Gasteiger partial charge in [-0.1, -0.05) is 19.1 Å². The second-order valence-electron chi connectivity index (χ2n) is 5.93. The summed E-state index contributed by atoms with van der Waals surface area (Å²) in [4.78, 5) is 25.8. The quantitative estimate of drug-likeness (QED) is 0.618. The number of hydrogen-bond acceptors (Lipinski definition) is 4. The lowest BCUT2D eigenvalue weighted by atomic mass is 10.1. The summed E-state index contributed by atoms with van der Waals surface area (Å²) in [6.45, 7) is 4.42. The maximum absolute atomic E-state index is 12.0. The first-order valence-corrected chi connectivity index (χ1v) is 7.88. The molecule has 0 aliphatic heterocycles. The number of carbonyl (C=O) groups excluding carboxylic acids is 2. The molecule has 128 valence electrons. The Morgan fingerprint density at radius 3 is 2.35 bits per heavy atom. The van der Waals surface area contributed by atoms with Crippen LogP contribution in [0.1, 0.15) is 22.8 Å². The molecular weight excluding hydrogens is 292 g/mol. The van der Waals surface area contributed by atoms with Crippen LogP contribution < -0.4 is 16.0 Å². The lowest BCUT2D eigenvalue weighted by molar-refractivity contribution is -0.124. The number of likely N-dealkylation sites (N-methyl/N-ethyl adjacent to an activating group) is 1. The molecule has 0 saturated carbocycles. The number of carbonyl (C=O) groups is 2. The van der Waals surface area contributed by atoms with Crippen molar-refractivity contribution in [1.29, 1.82) is 0 Å². The van der Waals surface area contributed by atoms with Crippen molar-refractivity contribution in [2.24, 2.45) is 5.92 Å². The second kappa shape index (κ2) is 9.97. The van der Waals surface area contributed by atoms with E-state index >= 15 is 0 Å². The zero-order chi connectivity index (χ0) is 17.2. The van der Waals surface area contributed by atoms with Crippen LogP contribution in [-0.2, 0) is 11.3 Å². The van der Waals surface area contributed by atoms with Crippen molar-refractivity contribution in [3.8, 4) is 0 Å². The SMILES string of the molecule is CNCC(C)C(=O)NCc1ccc(C(=O)NCCN(C)C)cc1. The Balaban J connectivity index is 2.44. The monoisotopic (exact) mass is 320 g/mol. The Bertz CT molecular complexity index is 500. The average molecular weight is 320 g/mol. The lowest BCUT2D eigenvalue weighted by Crippen LogP contribution is -2.34. The van der Waals surface area contributed by atoms with Crippen LogP contribution >= 0.6 is 0 Å².